The zero-order valence-electron chi connectivity index (χ0n) is 9.14. The van der Waals surface area contributed by atoms with Gasteiger partial charge in [-0.25, -0.2) is 4.98 Å². The second-order valence-electron chi connectivity index (χ2n) is 3.61. The molecule has 0 aliphatic carbocycles. The molecule has 0 saturated heterocycles. The van der Waals surface area contributed by atoms with E-state index >= 15 is 0 Å². The predicted molar refractivity (Wildman–Crippen MR) is 62.6 cm³/mol. The maximum atomic E-state index is 8.81. The molecule has 6 heteroatoms. The first-order valence-electron chi connectivity index (χ1n) is 5.16. The summed E-state index contributed by atoms with van der Waals surface area (Å²) in [5.41, 5.74) is 6.67. The Bertz CT molecular complexity index is 480. The van der Waals surface area contributed by atoms with Crippen LogP contribution < -0.4 is 5.73 Å². The maximum Gasteiger partial charge on any atom is 0.148 e. The van der Waals surface area contributed by atoms with E-state index in [0.29, 0.717) is 6.54 Å². The molecule has 2 aromatic rings. The van der Waals surface area contributed by atoms with Gasteiger partial charge in [0, 0.05) is 0 Å². The van der Waals surface area contributed by atoms with Crippen molar-refractivity contribution in [2.45, 2.75) is 12.5 Å². The van der Waals surface area contributed by atoms with E-state index in [9.17, 15) is 0 Å². The molecule has 0 bridgehead atoms. The number of nitrogens with zero attached hydrogens (tertiary/aromatic N) is 4. The second kappa shape index (κ2) is 5.11. The summed E-state index contributed by atoms with van der Waals surface area (Å²) >= 11 is 0. The van der Waals surface area contributed by atoms with Gasteiger partial charge in [-0.2, -0.15) is 5.10 Å². The Hall–Kier alpha value is -2.37. The Labute approximate surface area is 98.4 Å². The second-order valence-corrected chi connectivity index (χ2v) is 3.61. The highest BCUT2D eigenvalue weighted by Gasteiger charge is 2.17. The molecular weight excluding hydrogens is 218 g/mol. The molecular formula is C11H13N5O. The van der Waals surface area contributed by atoms with Gasteiger partial charge in [0.2, 0.25) is 0 Å². The van der Waals surface area contributed by atoms with Crippen LogP contribution in [0.15, 0.2) is 48.1 Å². The van der Waals surface area contributed by atoms with Crippen LogP contribution in [0.4, 0.5) is 0 Å². The van der Waals surface area contributed by atoms with Crippen LogP contribution in [0.3, 0.4) is 0 Å². The minimum absolute atomic E-state index is 0.159. The van der Waals surface area contributed by atoms with E-state index in [1.165, 1.54) is 6.33 Å². The highest BCUT2D eigenvalue weighted by Crippen LogP contribution is 2.17. The predicted octanol–water partition coefficient (Wildman–Crippen LogP) is 0.808. The van der Waals surface area contributed by atoms with Gasteiger partial charge in [0.15, 0.2) is 0 Å². The molecule has 0 aliphatic rings. The fourth-order valence-electron chi connectivity index (χ4n) is 1.64. The van der Waals surface area contributed by atoms with Crippen molar-refractivity contribution in [2.24, 2.45) is 10.9 Å². The van der Waals surface area contributed by atoms with Crippen LogP contribution >= 0.6 is 0 Å². The Morgan fingerprint density at radius 3 is 2.76 bits per heavy atom. The van der Waals surface area contributed by atoms with E-state index < -0.39 is 0 Å². The van der Waals surface area contributed by atoms with Gasteiger partial charge in [-0.3, -0.25) is 4.68 Å². The molecule has 2 rings (SSSR count). The van der Waals surface area contributed by atoms with E-state index in [1.54, 1.807) is 11.0 Å². The number of aromatic nitrogens is 3. The Morgan fingerprint density at radius 2 is 2.18 bits per heavy atom. The molecule has 88 valence electrons. The van der Waals surface area contributed by atoms with Crippen LogP contribution in [0.5, 0.6) is 0 Å². The smallest absolute Gasteiger partial charge is 0.148 e. The number of rotatable bonds is 4. The lowest BCUT2D eigenvalue weighted by Crippen LogP contribution is -2.26. The van der Waals surface area contributed by atoms with Crippen molar-refractivity contribution >= 4 is 5.84 Å². The SMILES string of the molecule is NC(=NO)C(Cn1cncn1)c1ccccc1. The molecule has 0 radical (unpaired) electrons. The lowest BCUT2D eigenvalue weighted by atomic mass is 9.98. The Morgan fingerprint density at radius 1 is 1.41 bits per heavy atom. The van der Waals surface area contributed by atoms with E-state index in [0.717, 1.165) is 5.56 Å². The molecule has 17 heavy (non-hydrogen) atoms. The molecule has 0 spiro atoms. The number of hydrogen-bond acceptors (Lipinski definition) is 4. The van der Waals surface area contributed by atoms with Crippen molar-refractivity contribution in [2.75, 3.05) is 0 Å². The third-order valence-corrected chi connectivity index (χ3v) is 2.51. The average molecular weight is 231 g/mol. The van der Waals surface area contributed by atoms with Crippen molar-refractivity contribution in [1.29, 1.82) is 0 Å². The van der Waals surface area contributed by atoms with E-state index in [4.69, 9.17) is 10.9 Å². The first-order chi connectivity index (χ1) is 8.31. The minimum atomic E-state index is -0.220. The summed E-state index contributed by atoms with van der Waals surface area (Å²) in [6, 6.07) is 9.60. The van der Waals surface area contributed by atoms with Crippen LogP contribution in [0.2, 0.25) is 0 Å². The maximum absolute atomic E-state index is 8.81. The van der Waals surface area contributed by atoms with Gasteiger partial charge < -0.3 is 10.9 Å². The molecule has 1 aromatic carbocycles. The monoisotopic (exact) mass is 231 g/mol. The summed E-state index contributed by atoms with van der Waals surface area (Å²) in [5, 5.41) is 15.9. The Kier molecular flexibility index (Phi) is 3.34. The van der Waals surface area contributed by atoms with Gasteiger partial charge in [0.05, 0.1) is 12.5 Å². The molecule has 0 fully saturated rings. The third kappa shape index (κ3) is 2.60. The Balaban J connectivity index is 2.26. The number of hydrogen-bond donors (Lipinski definition) is 2. The van der Waals surface area contributed by atoms with Gasteiger partial charge in [-0.15, -0.1) is 0 Å². The van der Waals surface area contributed by atoms with Gasteiger partial charge in [0.1, 0.15) is 18.5 Å². The third-order valence-electron chi connectivity index (χ3n) is 2.51. The van der Waals surface area contributed by atoms with Crippen molar-refractivity contribution in [3.8, 4) is 0 Å². The number of benzene rings is 1. The standard InChI is InChI=1S/C11H13N5O/c12-11(15-17)10(6-16-8-13-7-14-16)9-4-2-1-3-5-9/h1-5,7-8,10,17H,6H2,(H2,12,15). The van der Waals surface area contributed by atoms with E-state index in [2.05, 4.69) is 15.2 Å². The fourth-order valence-corrected chi connectivity index (χ4v) is 1.64. The van der Waals surface area contributed by atoms with Gasteiger partial charge in [-0.05, 0) is 5.56 Å². The lowest BCUT2D eigenvalue weighted by molar-refractivity contribution is 0.315. The van der Waals surface area contributed by atoms with Crippen LogP contribution in [0.25, 0.3) is 0 Å². The molecule has 1 aromatic heterocycles. The van der Waals surface area contributed by atoms with Crippen LogP contribution in [-0.4, -0.2) is 25.8 Å². The average Bonchev–Trinajstić information content (AvgIpc) is 2.89. The summed E-state index contributed by atoms with van der Waals surface area (Å²) < 4.78 is 1.65. The van der Waals surface area contributed by atoms with Gasteiger partial charge >= 0.3 is 0 Å². The summed E-state index contributed by atoms with van der Waals surface area (Å²) in [5.74, 6) is -0.0606. The fraction of sp³-hybridized carbons (Fsp3) is 0.182. The number of amidine groups is 1. The topological polar surface area (TPSA) is 89.3 Å². The van der Waals surface area contributed by atoms with Crippen molar-refractivity contribution in [1.82, 2.24) is 14.8 Å². The molecule has 0 amide bonds. The molecule has 0 saturated carbocycles. The summed E-state index contributed by atoms with van der Waals surface area (Å²) in [6.45, 7) is 0.486. The zero-order chi connectivity index (χ0) is 12.1. The normalized spacial score (nSPS) is 13.5. The molecule has 1 unspecified atom stereocenters. The molecule has 3 N–H and O–H groups in total. The quantitative estimate of drug-likeness (QED) is 0.352. The molecule has 0 aliphatic heterocycles. The minimum Gasteiger partial charge on any atom is -0.409 e. The molecule has 1 atom stereocenters. The first-order valence-corrected chi connectivity index (χ1v) is 5.16. The summed E-state index contributed by atoms with van der Waals surface area (Å²) in [4.78, 5) is 3.86. The highest BCUT2D eigenvalue weighted by atomic mass is 16.4. The summed E-state index contributed by atoms with van der Waals surface area (Å²) in [7, 11) is 0. The largest absolute Gasteiger partial charge is 0.409 e. The van der Waals surface area contributed by atoms with Gasteiger partial charge in [-0.1, -0.05) is 35.5 Å². The van der Waals surface area contributed by atoms with Crippen molar-refractivity contribution in [3.05, 3.63) is 48.5 Å². The van der Waals surface area contributed by atoms with Crippen molar-refractivity contribution in [3.63, 3.8) is 0 Å². The number of nitrogens with two attached hydrogens (primary N) is 1. The summed E-state index contributed by atoms with van der Waals surface area (Å²) in [6.07, 6.45) is 3.05. The van der Waals surface area contributed by atoms with Gasteiger partial charge in [0.25, 0.3) is 0 Å². The van der Waals surface area contributed by atoms with E-state index in [1.807, 2.05) is 30.3 Å². The number of oxime groups is 1. The van der Waals surface area contributed by atoms with Crippen molar-refractivity contribution < 1.29 is 5.21 Å². The van der Waals surface area contributed by atoms with Crippen LogP contribution in [0, 0.1) is 0 Å². The zero-order valence-corrected chi connectivity index (χ0v) is 9.14. The van der Waals surface area contributed by atoms with E-state index in [-0.39, 0.29) is 11.8 Å². The first kappa shape index (κ1) is 11.1. The molecule has 1 heterocycles. The van der Waals surface area contributed by atoms with Crippen LogP contribution in [0.1, 0.15) is 11.5 Å². The highest BCUT2D eigenvalue weighted by molar-refractivity contribution is 5.86. The lowest BCUT2D eigenvalue weighted by Gasteiger charge is -2.15. The van der Waals surface area contributed by atoms with Crippen LogP contribution in [-0.2, 0) is 6.54 Å². The molecule has 6 nitrogen and oxygen atoms in total.